The third kappa shape index (κ3) is 2.14. The van der Waals surface area contributed by atoms with Gasteiger partial charge in [-0.1, -0.05) is 19.9 Å². The van der Waals surface area contributed by atoms with Crippen LogP contribution in [-0.4, -0.2) is 9.78 Å². The lowest BCUT2D eigenvalue weighted by Crippen LogP contribution is -2.23. The summed E-state index contributed by atoms with van der Waals surface area (Å²) in [5.41, 5.74) is 12.1. The Kier molecular flexibility index (Phi) is 2.66. The van der Waals surface area contributed by atoms with Crippen LogP contribution >= 0.6 is 0 Å². The average Bonchev–Trinajstić information content (AvgIpc) is 2.64. The van der Waals surface area contributed by atoms with Gasteiger partial charge in [-0.05, 0) is 55.4 Å². The van der Waals surface area contributed by atoms with Gasteiger partial charge in [0.1, 0.15) is 0 Å². The van der Waals surface area contributed by atoms with Crippen LogP contribution in [0.4, 0.5) is 5.69 Å². The SMILES string of the molecule is Cc1nn(-c2cccc(N)c2)c2c1CCC(C)(C)C2. The fraction of sp³-hybridized carbons (Fsp3) is 0.438. The minimum absolute atomic E-state index is 0.359. The van der Waals surface area contributed by atoms with E-state index in [1.165, 1.54) is 17.7 Å². The van der Waals surface area contributed by atoms with Crippen molar-refractivity contribution in [3.8, 4) is 5.69 Å². The van der Waals surface area contributed by atoms with Crippen LogP contribution in [0.2, 0.25) is 0 Å². The number of hydrogen-bond acceptors (Lipinski definition) is 2. The van der Waals surface area contributed by atoms with Crippen molar-refractivity contribution >= 4 is 5.69 Å². The number of aromatic nitrogens is 2. The summed E-state index contributed by atoms with van der Waals surface area (Å²) in [4.78, 5) is 0. The van der Waals surface area contributed by atoms with Crippen molar-refractivity contribution < 1.29 is 0 Å². The first kappa shape index (κ1) is 12.3. The highest BCUT2D eigenvalue weighted by Gasteiger charge is 2.30. The lowest BCUT2D eigenvalue weighted by molar-refractivity contribution is 0.309. The second kappa shape index (κ2) is 4.12. The highest BCUT2D eigenvalue weighted by Crippen LogP contribution is 2.36. The lowest BCUT2D eigenvalue weighted by Gasteiger charge is -2.30. The molecule has 0 fully saturated rings. The van der Waals surface area contributed by atoms with Crippen LogP contribution in [0.15, 0.2) is 24.3 Å². The zero-order valence-electron chi connectivity index (χ0n) is 11.9. The smallest absolute Gasteiger partial charge is 0.0669 e. The molecule has 1 aromatic heterocycles. The van der Waals surface area contributed by atoms with Crippen LogP contribution in [0.3, 0.4) is 0 Å². The lowest BCUT2D eigenvalue weighted by atomic mass is 9.76. The van der Waals surface area contributed by atoms with Gasteiger partial charge in [0.25, 0.3) is 0 Å². The Balaban J connectivity index is 2.14. The molecule has 0 saturated heterocycles. The Labute approximate surface area is 114 Å². The monoisotopic (exact) mass is 255 g/mol. The molecular weight excluding hydrogens is 234 g/mol. The van der Waals surface area contributed by atoms with Crippen molar-refractivity contribution in [1.82, 2.24) is 9.78 Å². The molecule has 0 radical (unpaired) electrons. The zero-order valence-corrected chi connectivity index (χ0v) is 11.9. The van der Waals surface area contributed by atoms with Gasteiger partial charge in [0, 0.05) is 11.4 Å². The van der Waals surface area contributed by atoms with E-state index in [0.717, 1.165) is 29.9 Å². The molecule has 0 saturated carbocycles. The highest BCUT2D eigenvalue weighted by molar-refractivity contribution is 5.49. The van der Waals surface area contributed by atoms with E-state index < -0.39 is 0 Å². The average molecular weight is 255 g/mol. The number of rotatable bonds is 1. The predicted octanol–water partition coefficient (Wildman–Crippen LogP) is 3.28. The van der Waals surface area contributed by atoms with Crippen LogP contribution in [0, 0.1) is 12.3 Å². The molecule has 19 heavy (non-hydrogen) atoms. The van der Waals surface area contributed by atoms with E-state index in [2.05, 4.69) is 31.5 Å². The summed E-state index contributed by atoms with van der Waals surface area (Å²) >= 11 is 0. The summed E-state index contributed by atoms with van der Waals surface area (Å²) in [5, 5.41) is 4.73. The largest absolute Gasteiger partial charge is 0.399 e. The van der Waals surface area contributed by atoms with Crippen LogP contribution in [0.25, 0.3) is 5.69 Å². The summed E-state index contributed by atoms with van der Waals surface area (Å²) in [7, 11) is 0. The van der Waals surface area contributed by atoms with Crippen LogP contribution in [0.1, 0.15) is 37.2 Å². The van der Waals surface area contributed by atoms with E-state index in [0.29, 0.717) is 5.41 Å². The van der Waals surface area contributed by atoms with Crippen molar-refractivity contribution in [3.63, 3.8) is 0 Å². The first-order valence-electron chi connectivity index (χ1n) is 6.90. The molecule has 3 nitrogen and oxygen atoms in total. The molecule has 2 aromatic rings. The maximum absolute atomic E-state index is 5.89. The summed E-state index contributed by atoms with van der Waals surface area (Å²) < 4.78 is 2.09. The number of fused-ring (bicyclic) bond motifs is 1. The van der Waals surface area contributed by atoms with Crippen molar-refractivity contribution in [2.75, 3.05) is 5.73 Å². The molecular formula is C16H21N3. The van der Waals surface area contributed by atoms with E-state index in [1.54, 1.807) is 0 Å². The van der Waals surface area contributed by atoms with Crippen molar-refractivity contribution in [2.24, 2.45) is 5.41 Å². The maximum Gasteiger partial charge on any atom is 0.0669 e. The first-order valence-corrected chi connectivity index (χ1v) is 6.90. The number of nitrogen functional groups attached to an aromatic ring is 1. The molecule has 3 heteroatoms. The van der Waals surface area contributed by atoms with E-state index in [4.69, 9.17) is 10.8 Å². The minimum atomic E-state index is 0.359. The number of benzene rings is 1. The Morgan fingerprint density at radius 2 is 2.11 bits per heavy atom. The summed E-state index contributed by atoms with van der Waals surface area (Å²) in [5.74, 6) is 0. The van der Waals surface area contributed by atoms with Gasteiger partial charge in [0.05, 0.1) is 11.4 Å². The van der Waals surface area contributed by atoms with Crippen molar-refractivity contribution in [1.29, 1.82) is 0 Å². The van der Waals surface area contributed by atoms with Gasteiger partial charge in [-0.15, -0.1) is 0 Å². The molecule has 0 unspecified atom stereocenters. The van der Waals surface area contributed by atoms with Gasteiger partial charge in [-0.3, -0.25) is 0 Å². The second-order valence-corrected chi connectivity index (χ2v) is 6.36. The predicted molar refractivity (Wildman–Crippen MR) is 78.5 cm³/mol. The van der Waals surface area contributed by atoms with Crippen LogP contribution in [0.5, 0.6) is 0 Å². The third-order valence-electron chi connectivity index (χ3n) is 4.10. The third-order valence-corrected chi connectivity index (χ3v) is 4.10. The fourth-order valence-corrected chi connectivity index (χ4v) is 2.99. The maximum atomic E-state index is 5.89. The molecule has 0 atom stereocenters. The number of nitrogens with zero attached hydrogens (tertiary/aromatic N) is 2. The zero-order chi connectivity index (χ0) is 13.6. The highest BCUT2D eigenvalue weighted by atomic mass is 15.3. The fourth-order valence-electron chi connectivity index (χ4n) is 2.99. The topological polar surface area (TPSA) is 43.8 Å². The Hall–Kier alpha value is -1.77. The van der Waals surface area contributed by atoms with E-state index in [1.807, 2.05) is 18.2 Å². The summed E-state index contributed by atoms with van der Waals surface area (Å²) in [6, 6.07) is 7.97. The summed E-state index contributed by atoms with van der Waals surface area (Å²) in [6.45, 7) is 6.78. The standard InChI is InChI=1S/C16H21N3/c1-11-14-7-8-16(2,3)10-15(14)19(18-11)13-6-4-5-12(17)9-13/h4-6,9H,7-8,10,17H2,1-3H3. The molecule has 1 aromatic carbocycles. The molecule has 0 aliphatic heterocycles. The molecule has 3 rings (SSSR count). The quantitative estimate of drug-likeness (QED) is 0.795. The Morgan fingerprint density at radius 1 is 1.32 bits per heavy atom. The van der Waals surface area contributed by atoms with Gasteiger partial charge in [0.15, 0.2) is 0 Å². The molecule has 2 N–H and O–H groups in total. The second-order valence-electron chi connectivity index (χ2n) is 6.36. The van der Waals surface area contributed by atoms with Crippen LogP contribution < -0.4 is 5.73 Å². The molecule has 1 heterocycles. The molecule has 0 bridgehead atoms. The van der Waals surface area contributed by atoms with Gasteiger partial charge in [-0.25, -0.2) is 4.68 Å². The number of hydrogen-bond donors (Lipinski definition) is 1. The molecule has 0 amide bonds. The number of aryl methyl sites for hydroxylation is 1. The number of anilines is 1. The Morgan fingerprint density at radius 3 is 2.84 bits per heavy atom. The van der Waals surface area contributed by atoms with Gasteiger partial charge >= 0.3 is 0 Å². The molecule has 1 aliphatic carbocycles. The van der Waals surface area contributed by atoms with Crippen molar-refractivity contribution in [2.45, 2.75) is 40.0 Å². The van der Waals surface area contributed by atoms with E-state index in [-0.39, 0.29) is 0 Å². The van der Waals surface area contributed by atoms with Gasteiger partial charge in [-0.2, -0.15) is 5.10 Å². The minimum Gasteiger partial charge on any atom is -0.399 e. The van der Waals surface area contributed by atoms with E-state index >= 15 is 0 Å². The van der Waals surface area contributed by atoms with Gasteiger partial charge < -0.3 is 5.73 Å². The number of nitrogens with two attached hydrogens (primary N) is 1. The van der Waals surface area contributed by atoms with Crippen molar-refractivity contribution in [3.05, 3.63) is 41.2 Å². The normalized spacial score (nSPS) is 17.2. The molecule has 100 valence electrons. The Bertz CT molecular complexity index is 623. The van der Waals surface area contributed by atoms with Crippen LogP contribution in [-0.2, 0) is 12.8 Å². The first-order chi connectivity index (χ1) is 8.96. The molecule has 0 spiro atoms. The molecule has 1 aliphatic rings. The van der Waals surface area contributed by atoms with E-state index in [9.17, 15) is 0 Å². The summed E-state index contributed by atoms with van der Waals surface area (Å²) in [6.07, 6.45) is 3.46. The van der Waals surface area contributed by atoms with Gasteiger partial charge in [0.2, 0.25) is 0 Å².